The van der Waals surface area contributed by atoms with E-state index < -0.39 is 0 Å². The molecule has 1 N–H and O–H groups in total. The van der Waals surface area contributed by atoms with Gasteiger partial charge in [0.1, 0.15) is 4.99 Å². The summed E-state index contributed by atoms with van der Waals surface area (Å²) in [5.41, 5.74) is 3.92. The van der Waals surface area contributed by atoms with Gasteiger partial charge in [0, 0.05) is 24.3 Å². The van der Waals surface area contributed by atoms with Crippen LogP contribution >= 0.6 is 34.8 Å². The highest BCUT2D eigenvalue weighted by Crippen LogP contribution is 2.35. The van der Waals surface area contributed by atoms with Crippen LogP contribution in [0.2, 0.25) is 0 Å². The van der Waals surface area contributed by atoms with Gasteiger partial charge in [-0.15, -0.1) is 0 Å². The van der Waals surface area contributed by atoms with Crippen molar-refractivity contribution in [1.82, 2.24) is 4.90 Å². The van der Waals surface area contributed by atoms with Crippen molar-refractivity contribution in [3.8, 4) is 11.5 Å². The number of nitrogens with one attached hydrogen (secondary N) is 1. The predicted molar refractivity (Wildman–Crippen MR) is 133 cm³/mol. The van der Waals surface area contributed by atoms with Crippen molar-refractivity contribution in [2.45, 2.75) is 33.6 Å². The zero-order valence-corrected chi connectivity index (χ0v) is 20.6. The zero-order chi connectivity index (χ0) is 21.7. The van der Waals surface area contributed by atoms with E-state index in [1.54, 1.807) is 0 Å². The zero-order valence-electron chi connectivity index (χ0n) is 17.6. The number of amides is 1. The number of rotatable bonds is 7. The van der Waals surface area contributed by atoms with Gasteiger partial charge < -0.3 is 19.7 Å². The van der Waals surface area contributed by atoms with E-state index in [2.05, 4.69) is 38.9 Å². The van der Waals surface area contributed by atoms with Crippen molar-refractivity contribution in [1.29, 1.82) is 0 Å². The maximum absolute atomic E-state index is 12.4. The fraction of sp³-hybridized carbons (Fsp3) is 0.391. The predicted octanol–water partition coefficient (Wildman–Crippen LogP) is 5.10. The van der Waals surface area contributed by atoms with Crippen LogP contribution < -0.4 is 14.8 Å². The van der Waals surface area contributed by atoms with E-state index in [-0.39, 0.29) is 12.5 Å². The summed E-state index contributed by atoms with van der Waals surface area (Å²) in [6, 6.07) is 9.87. The summed E-state index contributed by atoms with van der Waals surface area (Å²) in [4.78, 5) is 15.5. The summed E-state index contributed by atoms with van der Waals surface area (Å²) >= 11 is 7.90. The lowest BCUT2D eigenvalue weighted by molar-refractivity contribution is -0.118. The lowest BCUT2D eigenvalue weighted by Gasteiger charge is -2.21. The number of anilines is 1. The second-order valence-electron chi connectivity index (χ2n) is 7.43. The van der Waals surface area contributed by atoms with Crippen molar-refractivity contribution < 1.29 is 14.3 Å². The van der Waals surface area contributed by atoms with Crippen LogP contribution in [-0.2, 0) is 4.79 Å². The first kappa shape index (κ1) is 22.8. The molecule has 0 spiro atoms. The van der Waals surface area contributed by atoms with Crippen LogP contribution in [0.1, 0.15) is 36.5 Å². The van der Waals surface area contributed by atoms with Crippen molar-refractivity contribution >= 4 is 51.4 Å². The minimum atomic E-state index is -0.213. The van der Waals surface area contributed by atoms with Crippen LogP contribution in [0.4, 0.5) is 5.69 Å². The fourth-order valence-corrected chi connectivity index (χ4v) is 4.64. The van der Waals surface area contributed by atoms with E-state index in [1.807, 2.05) is 45.0 Å². The number of carbonyl (C=O) groups excluding carboxylic acids is 1. The number of ether oxygens (including phenoxy) is 2. The second kappa shape index (κ2) is 10.4. The highest BCUT2D eigenvalue weighted by atomic mass is 127. The summed E-state index contributed by atoms with van der Waals surface area (Å²) < 4.78 is 12.6. The van der Waals surface area contributed by atoms with Gasteiger partial charge in [-0.2, -0.15) is 0 Å². The summed E-state index contributed by atoms with van der Waals surface area (Å²) in [6.45, 7) is 8.33. The van der Waals surface area contributed by atoms with Crippen molar-refractivity contribution in [3.63, 3.8) is 0 Å². The van der Waals surface area contributed by atoms with E-state index in [9.17, 15) is 4.79 Å². The van der Waals surface area contributed by atoms with Gasteiger partial charge in [-0.05, 0) is 91.6 Å². The van der Waals surface area contributed by atoms with Gasteiger partial charge in [-0.25, -0.2) is 0 Å². The van der Waals surface area contributed by atoms with Gasteiger partial charge >= 0.3 is 0 Å². The van der Waals surface area contributed by atoms with Gasteiger partial charge in [0.25, 0.3) is 5.91 Å². The largest absolute Gasteiger partial charge is 0.490 e. The van der Waals surface area contributed by atoms with Crippen molar-refractivity contribution in [2.75, 3.05) is 31.6 Å². The first-order valence-corrected chi connectivity index (χ1v) is 11.6. The van der Waals surface area contributed by atoms with Gasteiger partial charge in [-0.3, -0.25) is 4.79 Å². The summed E-state index contributed by atoms with van der Waals surface area (Å²) in [5.74, 6) is 0.969. The average Bonchev–Trinajstić information content (AvgIpc) is 3.20. The Balaban J connectivity index is 1.72. The van der Waals surface area contributed by atoms with Gasteiger partial charge in [-0.1, -0.05) is 18.3 Å². The van der Waals surface area contributed by atoms with Gasteiger partial charge in [0.2, 0.25) is 0 Å². The monoisotopic (exact) mass is 538 g/mol. The van der Waals surface area contributed by atoms with Crippen molar-refractivity contribution in [2.24, 2.45) is 0 Å². The van der Waals surface area contributed by atoms with Crippen molar-refractivity contribution in [3.05, 3.63) is 50.6 Å². The van der Waals surface area contributed by atoms with E-state index in [0.717, 1.165) is 44.0 Å². The molecule has 30 heavy (non-hydrogen) atoms. The van der Waals surface area contributed by atoms with Crippen LogP contribution in [0.15, 0.2) is 30.3 Å². The molecule has 0 aromatic heterocycles. The number of thiocarbonyl (C=S) groups is 1. The topological polar surface area (TPSA) is 50.8 Å². The maximum atomic E-state index is 12.4. The molecule has 1 saturated heterocycles. The number of halogens is 1. The number of carbonyl (C=O) groups is 1. The number of likely N-dealkylation sites (tertiary alicyclic amines) is 1. The third kappa shape index (κ3) is 5.85. The molecule has 1 amide bonds. The number of aryl methyl sites for hydroxylation is 2. The van der Waals surface area contributed by atoms with Crippen LogP contribution in [0.3, 0.4) is 0 Å². The van der Waals surface area contributed by atoms with Gasteiger partial charge in [0.15, 0.2) is 18.1 Å². The molecule has 1 aliphatic heterocycles. The van der Waals surface area contributed by atoms with E-state index >= 15 is 0 Å². The Hall–Kier alpha value is -1.87. The molecule has 0 unspecified atom stereocenters. The highest BCUT2D eigenvalue weighted by molar-refractivity contribution is 14.1. The molecule has 2 aromatic rings. The summed E-state index contributed by atoms with van der Waals surface area (Å²) in [7, 11) is 0. The molecule has 0 saturated carbocycles. The summed E-state index contributed by atoms with van der Waals surface area (Å²) in [5, 5.41) is 2.90. The molecule has 0 atom stereocenters. The smallest absolute Gasteiger partial charge is 0.262 e. The molecule has 5 nitrogen and oxygen atoms in total. The SMILES string of the molecule is CCOc1cc(C(=S)N2CCCC2)cc(I)c1OCC(=O)Nc1cc(C)cc(C)c1. The van der Waals surface area contributed by atoms with E-state index in [4.69, 9.17) is 21.7 Å². The van der Waals surface area contributed by atoms with E-state index in [0.29, 0.717) is 18.1 Å². The Labute approximate surface area is 197 Å². The Morgan fingerprint density at radius 3 is 2.40 bits per heavy atom. The number of nitrogens with zero attached hydrogens (tertiary/aromatic N) is 1. The highest BCUT2D eigenvalue weighted by Gasteiger charge is 2.20. The number of hydrogen-bond acceptors (Lipinski definition) is 4. The Morgan fingerprint density at radius 1 is 1.10 bits per heavy atom. The molecule has 0 bridgehead atoms. The molecule has 1 fully saturated rings. The average molecular weight is 538 g/mol. The molecular weight excluding hydrogens is 511 g/mol. The lowest BCUT2D eigenvalue weighted by atomic mass is 10.1. The Bertz CT molecular complexity index is 922. The number of hydrogen-bond donors (Lipinski definition) is 1. The van der Waals surface area contributed by atoms with Crippen LogP contribution in [0.25, 0.3) is 0 Å². The Kier molecular flexibility index (Phi) is 7.93. The molecule has 3 rings (SSSR count). The van der Waals surface area contributed by atoms with Crippen LogP contribution in [-0.4, -0.2) is 42.1 Å². The first-order chi connectivity index (χ1) is 14.4. The molecule has 0 radical (unpaired) electrons. The minimum absolute atomic E-state index is 0.0982. The fourth-order valence-electron chi connectivity index (χ4n) is 3.58. The first-order valence-electron chi connectivity index (χ1n) is 10.1. The third-order valence-electron chi connectivity index (χ3n) is 4.80. The number of benzene rings is 2. The Morgan fingerprint density at radius 2 is 1.77 bits per heavy atom. The molecule has 0 aliphatic carbocycles. The quantitative estimate of drug-likeness (QED) is 0.393. The standard InChI is InChI=1S/C23H27IN2O3S/c1-4-28-20-13-17(23(30)26-7-5-6-8-26)12-19(24)22(20)29-14-21(27)25-18-10-15(2)9-16(3)11-18/h9-13H,4-8,14H2,1-3H3,(H,25,27). The van der Waals surface area contributed by atoms with Gasteiger partial charge in [0.05, 0.1) is 10.2 Å². The third-order valence-corrected chi connectivity index (χ3v) is 6.10. The normalized spacial score (nSPS) is 13.3. The molecule has 7 heteroatoms. The lowest BCUT2D eigenvalue weighted by Crippen LogP contribution is -2.27. The van der Waals surface area contributed by atoms with Crippen LogP contribution in [0, 0.1) is 17.4 Å². The van der Waals surface area contributed by atoms with E-state index in [1.165, 1.54) is 12.8 Å². The molecule has 2 aromatic carbocycles. The second-order valence-corrected chi connectivity index (χ2v) is 8.98. The molecule has 160 valence electrons. The summed E-state index contributed by atoms with van der Waals surface area (Å²) in [6.07, 6.45) is 2.35. The van der Waals surface area contributed by atoms with Crippen LogP contribution in [0.5, 0.6) is 11.5 Å². The molecule has 1 aliphatic rings. The maximum Gasteiger partial charge on any atom is 0.262 e. The molecular formula is C23H27IN2O3S. The molecule has 1 heterocycles. The minimum Gasteiger partial charge on any atom is -0.490 e.